The summed E-state index contributed by atoms with van der Waals surface area (Å²) in [5.74, 6) is 0.592. The lowest BCUT2D eigenvalue weighted by Gasteiger charge is -2.30. The van der Waals surface area contributed by atoms with Crippen molar-refractivity contribution < 1.29 is 18.3 Å². The highest BCUT2D eigenvalue weighted by Gasteiger charge is 2.36. The van der Waals surface area contributed by atoms with Crippen LogP contribution in [0.3, 0.4) is 0 Å². The van der Waals surface area contributed by atoms with Gasteiger partial charge in [0.1, 0.15) is 17.8 Å². The first-order valence-electron chi connectivity index (χ1n) is 10.7. The van der Waals surface area contributed by atoms with E-state index in [0.29, 0.717) is 36.8 Å². The SMILES string of the molecule is CC1(C)Oc2ccc(Nc3nc(Nc4ccc(N5CCC(F)C5)nc4)ncc3F)nc2NC1=O. The molecule has 1 atom stereocenters. The maximum Gasteiger partial charge on any atom is 0.269 e. The predicted molar refractivity (Wildman–Crippen MR) is 122 cm³/mol. The average molecular weight is 468 g/mol. The third kappa shape index (κ3) is 4.38. The molecule has 10 nitrogen and oxygen atoms in total. The third-order valence-corrected chi connectivity index (χ3v) is 5.45. The van der Waals surface area contributed by atoms with Gasteiger partial charge in [-0.2, -0.15) is 4.98 Å². The molecule has 1 saturated heterocycles. The molecule has 0 aliphatic carbocycles. The Bertz CT molecular complexity index is 1240. The van der Waals surface area contributed by atoms with Crippen molar-refractivity contribution in [2.75, 3.05) is 33.9 Å². The Labute approximate surface area is 193 Å². The van der Waals surface area contributed by atoms with Gasteiger partial charge in [0.15, 0.2) is 28.8 Å². The van der Waals surface area contributed by atoms with Gasteiger partial charge in [-0.05, 0) is 44.5 Å². The molecule has 3 aromatic heterocycles. The van der Waals surface area contributed by atoms with Crippen LogP contribution in [0.2, 0.25) is 0 Å². The predicted octanol–water partition coefficient (Wildman–Crippen LogP) is 3.55. The standard InChI is InChI=1S/C22H22F2N8O2/c1-22(2)20(33)30-19-15(34-22)4-5-16(29-19)28-18-14(24)10-26-21(31-18)27-13-3-6-17(25-9-13)32-8-7-12(23)11-32/h3-6,9-10,12H,7-8,11H2,1-2H3,(H3,26,27,28,29,30,31,33). The lowest BCUT2D eigenvalue weighted by molar-refractivity contribution is -0.129. The van der Waals surface area contributed by atoms with Gasteiger partial charge >= 0.3 is 0 Å². The van der Waals surface area contributed by atoms with Crippen molar-refractivity contribution >= 4 is 40.8 Å². The number of alkyl halides is 1. The zero-order valence-electron chi connectivity index (χ0n) is 18.5. The molecule has 0 spiro atoms. The van der Waals surface area contributed by atoms with Crippen LogP contribution in [0.1, 0.15) is 20.3 Å². The molecule has 34 heavy (non-hydrogen) atoms. The van der Waals surface area contributed by atoms with Crippen LogP contribution >= 0.6 is 0 Å². The minimum Gasteiger partial charge on any atom is -0.474 e. The van der Waals surface area contributed by atoms with E-state index in [1.165, 1.54) is 0 Å². The Morgan fingerprint density at radius 2 is 2.00 bits per heavy atom. The zero-order chi connectivity index (χ0) is 23.9. The molecule has 1 unspecified atom stereocenters. The Kier molecular flexibility index (Phi) is 5.34. The molecule has 1 amide bonds. The van der Waals surface area contributed by atoms with Gasteiger partial charge in [-0.25, -0.2) is 23.7 Å². The van der Waals surface area contributed by atoms with E-state index in [9.17, 15) is 13.6 Å². The fourth-order valence-electron chi connectivity index (χ4n) is 3.61. The van der Waals surface area contributed by atoms with Crippen molar-refractivity contribution in [3.8, 4) is 5.75 Å². The van der Waals surface area contributed by atoms with Crippen molar-refractivity contribution in [1.82, 2.24) is 19.9 Å². The van der Waals surface area contributed by atoms with E-state index in [1.807, 2.05) is 4.90 Å². The van der Waals surface area contributed by atoms with Crippen molar-refractivity contribution in [1.29, 1.82) is 0 Å². The molecule has 0 saturated carbocycles. The number of pyridine rings is 2. The molecule has 5 rings (SSSR count). The lowest BCUT2D eigenvalue weighted by Crippen LogP contribution is -2.46. The van der Waals surface area contributed by atoms with E-state index in [-0.39, 0.29) is 29.3 Å². The first-order chi connectivity index (χ1) is 16.3. The van der Waals surface area contributed by atoms with Crippen LogP contribution in [-0.4, -0.2) is 50.7 Å². The zero-order valence-corrected chi connectivity index (χ0v) is 18.5. The van der Waals surface area contributed by atoms with Crippen molar-refractivity contribution in [2.45, 2.75) is 32.0 Å². The highest BCUT2D eigenvalue weighted by molar-refractivity contribution is 5.99. The molecule has 2 aliphatic heterocycles. The van der Waals surface area contributed by atoms with Crippen molar-refractivity contribution in [3.63, 3.8) is 0 Å². The smallest absolute Gasteiger partial charge is 0.269 e. The van der Waals surface area contributed by atoms with Crippen LogP contribution in [0, 0.1) is 5.82 Å². The number of rotatable bonds is 5. The molecule has 3 N–H and O–H groups in total. The van der Waals surface area contributed by atoms with Gasteiger partial charge in [-0.15, -0.1) is 0 Å². The molecule has 12 heteroatoms. The highest BCUT2D eigenvalue weighted by atomic mass is 19.1. The monoisotopic (exact) mass is 468 g/mol. The fourth-order valence-corrected chi connectivity index (χ4v) is 3.61. The second kappa shape index (κ2) is 8.36. The van der Waals surface area contributed by atoms with Crippen LogP contribution < -0.4 is 25.6 Å². The van der Waals surface area contributed by atoms with Gasteiger partial charge in [0.2, 0.25) is 5.95 Å². The maximum atomic E-state index is 14.4. The Morgan fingerprint density at radius 1 is 1.15 bits per heavy atom. The largest absolute Gasteiger partial charge is 0.474 e. The number of fused-ring (bicyclic) bond motifs is 1. The van der Waals surface area contributed by atoms with Crippen LogP contribution in [0.15, 0.2) is 36.7 Å². The van der Waals surface area contributed by atoms with Crippen molar-refractivity contribution in [3.05, 3.63) is 42.5 Å². The number of hydrogen-bond acceptors (Lipinski definition) is 9. The number of carbonyl (C=O) groups excluding carboxylic acids is 1. The quantitative estimate of drug-likeness (QED) is 0.517. The van der Waals surface area contributed by atoms with Gasteiger partial charge in [0.25, 0.3) is 5.91 Å². The number of aromatic nitrogens is 4. The average Bonchev–Trinajstić information content (AvgIpc) is 3.24. The number of nitrogens with one attached hydrogen (secondary N) is 3. The Morgan fingerprint density at radius 3 is 2.74 bits per heavy atom. The molecule has 0 radical (unpaired) electrons. The highest BCUT2D eigenvalue weighted by Crippen LogP contribution is 2.33. The lowest BCUT2D eigenvalue weighted by atomic mass is 10.1. The van der Waals surface area contributed by atoms with E-state index in [1.54, 1.807) is 44.3 Å². The van der Waals surface area contributed by atoms with E-state index in [0.717, 1.165) is 6.20 Å². The topological polar surface area (TPSA) is 117 Å². The van der Waals surface area contributed by atoms with Crippen LogP contribution in [0.5, 0.6) is 5.75 Å². The minimum absolute atomic E-state index is 0.107. The summed E-state index contributed by atoms with van der Waals surface area (Å²) in [6.45, 7) is 4.26. The molecule has 0 aromatic carbocycles. The maximum absolute atomic E-state index is 14.4. The van der Waals surface area contributed by atoms with Crippen LogP contribution in [0.25, 0.3) is 0 Å². The number of halogens is 2. The first kappa shape index (κ1) is 21.7. The molecule has 176 valence electrons. The molecule has 2 aliphatic rings. The molecule has 1 fully saturated rings. The summed E-state index contributed by atoms with van der Waals surface area (Å²) in [5.41, 5.74) is -0.424. The second-order valence-electron chi connectivity index (χ2n) is 8.49. The van der Waals surface area contributed by atoms with Gasteiger partial charge in [0, 0.05) is 6.54 Å². The van der Waals surface area contributed by atoms with E-state index in [4.69, 9.17) is 4.74 Å². The third-order valence-electron chi connectivity index (χ3n) is 5.45. The Hall–Kier alpha value is -4.09. The van der Waals surface area contributed by atoms with Gasteiger partial charge in [0.05, 0.1) is 24.6 Å². The molecular weight excluding hydrogens is 446 g/mol. The molecule has 3 aromatic rings. The summed E-state index contributed by atoms with van der Waals surface area (Å²) in [4.78, 5) is 30.8. The number of carbonyl (C=O) groups is 1. The van der Waals surface area contributed by atoms with Gasteiger partial charge in [-0.1, -0.05) is 0 Å². The number of amides is 1. The van der Waals surface area contributed by atoms with Gasteiger partial charge < -0.3 is 25.6 Å². The number of ether oxygens (including phenoxy) is 1. The number of anilines is 6. The van der Waals surface area contributed by atoms with Crippen LogP contribution in [0.4, 0.5) is 43.7 Å². The van der Waals surface area contributed by atoms with Crippen molar-refractivity contribution in [2.24, 2.45) is 0 Å². The number of nitrogens with zero attached hydrogens (tertiary/aromatic N) is 5. The Balaban J connectivity index is 1.30. The summed E-state index contributed by atoms with van der Waals surface area (Å²) in [6, 6.07) is 6.76. The second-order valence-corrected chi connectivity index (χ2v) is 8.49. The summed E-state index contributed by atoms with van der Waals surface area (Å²) in [5, 5.41) is 8.44. The minimum atomic E-state index is -1.01. The summed E-state index contributed by atoms with van der Waals surface area (Å²) >= 11 is 0. The number of hydrogen-bond donors (Lipinski definition) is 3. The van der Waals surface area contributed by atoms with E-state index < -0.39 is 17.6 Å². The molecular formula is C22H22F2N8O2. The fraction of sp³-hybridized carbons (Fsp3) is 0.318. The van der Waals surface area contributed by atoms with E-state index >= 15 is 0 Å². The summed E-state index contributed by atoms with van der Waals surface area (Å²) in [6.07, 6.45) is 2.27. The first-order valence-corrected chi connectivity index (χ1v) is 10.7. The summed E-state index contributed by atoms with van der Waals surface area (Å²) < 4.78 is 33.4. The summed E-state index contributed by atoms with van der Waals surface area (Å²) in [7, 11) is 0. The van der Waals surface area contributed by atoms with Crippen LogP contribution in [-0.2, 0) is 4.79 Å². The molecule has 0 bridgehead atoms. The van der Waals surface area contributed by atoms with Gasteiger partial charge in [-0.3, -0.25) is 4.79 Å². The normalized spacial score (nSPS) is 18.6. The van der Waals surface area contributed by atoms with E-state index in [2.05, 4.69) is 35.9 Å². The molecule has 5 heterocycles.